The summed E-state index contributed by atoms with van der Waals surface area (Å²) in [4.78, 5) is 12.7. The minimum Gasteiger partial charge on any atom is -0.349 e. The van der Waals surface area contributed by atoms with Gasteiger partial charge in [-0.25, -0.2) is 4.39 Å². The van der Waals surface area contributed by atoms with E-state index >= 15 is 0 Å². The molecule has 0 spiro atoms. The monoisotopic (exact) mass is 323 g/mol. The van der Waals surface area contributed by atoms with Crippen LogP contribution in [0.25, 0.3) is 0 Å². The standard InChI is InChI=1S/C16H15ClFNOS/c1-11(12-5-3-2-4-6-12)19-16(20)10-21-13-7-8-15(18)14(17)9-13/h2-9,11H,10H2,1H3,(H,19,20)/t11-/m1/s1. The molecule has 0 aliphatic heterocycles. The molecule has 0 fully saturated rings. The maximum absolute atomic E-state index is 13.0. The summed E-state index contributed by atoms with van der Waals surface area (Å²) in [5.41, 5.74) is 1.06. The average molecular weight is 324 g/mol. The van der Waals surface area contributed by atoms with E-state index in [-0.39, 0.29) is 22.7 Å². The van der Waals surface area contributed by atoms with Crippen LogP contribution in [0, 0.1) is 5.82 Å². The molecule has 0 saturated carbocycles. The molecule has 2 rings (SSSR count). The van der Waals surface area contributed by atoms with Crippen molar-refractivity contribution in [1.82, 2.24) is 5.32 Å². The molecular formula is C16H15ClFNOS. The number of carbonyl (C=O) groups is 1. The quantitative estimate of drug-likeness (QED) is 0.824. The number of rotatable bonds is 5. The Labute approximate surface area is 132 Å². The van der Waals surface area contributed by atoms with Crippen LogP contribution in [0.3, 0.4) is 0 Å². The first-order valence-corrected chi connectivity index (χ1v) is 7.85. The lowest BCUT2D eigenvalue weighted by molar-refractivity contribution is -0.119. The number of benzene rings is 2. The zero-order chi connectivity index (χ0) is 15.2. The number of hydrogen-bond acceptors (Lipinski definition) is 2. The van der Waals surface area contributed by atoms with Crippen LogP contribution in [0.1, 0.15) is 18.5 Å². The smallest absolute Gasteiger partial charge is 0.230 e. The number of thioether (sulfide) groups is 1. The Morgan fingerprint density at radius 1 is 1.29 bits per heavy atom. The van der Waals surface area contributed by atoms with Gasteiger partial charge in [0, 0.05) is 4.90 Å². The second-order valence-corrected chi connectivity index (χ2v) is 6.02. The summed E-state index contributed by atoms with van der Waals surface area (Å²) in [6.45, 7) is 1.94. The molecule has 110 valence electrons. The molecule has 2 nitrogen and oxygen atoms in total. The zero-order valence-electron chi connectivity index (χ0n) is 11.5. The van der Waals surface area contributed by atoms with Gasteiger partial charge in [0.2, 0.25) is 5.91 Å². The maximum Gasteiger partial charge on any atom is 0.230 e. The van der Waals surface area contributed by atoms with E-state index < -0.39 is 5.82 Å². The van der Waals surface area contributed by atoms with E-state index in [1.54, 1.807) is 6.07 Å². The lowest BCUT2D eigenvalue weighted by atomic mass is 10.1. The van der Waals surface area contributed by atoms with Crippen molar-refractivity contribution >= 4 is 29.3 Å². The summed E-state index contributed by atoms with van der Waals surface area (Å²) >= 11 is 7.03. The third-order valence-corrected chi connectivity index (χ3v) is 4.22. The fourth-order valence-corrected chi connectivity index (χ4v) is 2.82. The molecule has 1 amide bonds. The van der Waals surface area contributed by atoms with Gasteiger partial charge in [-0.3, -0.25) is 4.79 Å². The number of amides is 1. The second kappa shape index (κ2) is 7.48. The van der Waals surface area contributed by atoms with Gasteiger partial charge in [-0.15, -0.1) is 11.8 Å². The maximum atomic E-state index is 13.0. The molecule has 1 N–H and O–H groups in total. The SMILES string of the molecule is C[C@@H](NC(=O)CSc1ccc(F)c(Cl)c1)c1ccccc1. The van der Waals surface area contributed by atoms with Crippen LogP contribution in [0.15, 0.2) is 53.4 Å². The topological polar surface area (TPSA) is 29.1 Å². The summed E-state index contributed by atoms with van der Waals surface area (Å²) in [7, 11) is 0. The van der Waals surface area contributed by atoms with E-state index in [2.05, 4.69) is 5.32 Å². The molecular weight excluding hydrogens is 309 g/mol. The highest BCUT2D eigenvalue weighted by Crippen LogP contribution is 2.24. The minimum absolute atomic E-state index is 0.0453. The largest absolute Gasteiger partial charge is 0.349 e. The number of halogens is 2. The van der Waals surface area contributed by atoms with E-state index in [0.29, 0.717) is 0 Å². The van der Waals surface area contributed by atoms with Crippen LogP contribution in [-0.4, -0.2) is 11.7 Å². The summed E-state index contributed by atoms with van der Waals surface area (Å²) in [6, 6.07) is 14.1. The van der Waals surface area contributed by atoms with Crippen LogP contribution in [0.5, 0.6) is 0 Å². The predicted octanol–water partition coefficient (Wildman–Crippen LogP) is 4.45. The summed E-state index contributed by atoms with van der Waals surface area (Å²) < 4.78 is 13.0. The van der Waals surface area contributed by atoms with E-state index in [0.717, 1.165) is 10.5 Å². The molecule has 0 unspecified atom stereocenters. The molecule has 0 radical (unpaired) electrons. The van der Waals surface area contributed by atoms with Crippen molar-refractivity contribution in [3.63, 3.8) is 0 Å². The Morgan fingerprint density at radius 2 is 2.00 bits per heavy atom. The fourth-order valence-electron chi connectivity index (χ4n) is 1.82. The molecule has 2 aromatic carbocycles. The van der Waals surface area contributed by atoms with Gasteiger partial charge in [0.25, 0.3) is 0 Å². The summed E-state index contributed by atoms with van der Waals surface area (Å²) in [5.74, 6) is -0.265. The average Bonchev–Trinajstić information content (AvgIpc) is 2.49. The number of hydrogen-bond donors (Lipinski definition) is 1. The van der Waals surface area contributed by atoms with Gasteiger partial charge >= 0.3 is 0 Å². The molecule has 0 aromatic heterocycles. The number of carbonyl (C=O) groups excluding carboxylic acids is 1. The molecule has 0 saturated heterocycles. The first kappa shape index (κ1) is 15.9. The van der Waals surface area contributed by atoms with E-state index in [1.165, 1.54) is 23.9 Å². The fraction of sp³-hybridized carbons (Fsp3) is 0.188. The molecule has 0 aliphatic carbocycles. The Balaban J connectivity index is 1.86. The first-order chi connectivity index (χ1) is 10.1. The van der Waals surface area contributed by atoms with Crippen molar-refractivity contribution in [2.75, 3.05) is 5.75 Å². The molecule has 0 aliphatic rings. The molecule has 0 bridgehead atoms. The van der Waals surface area contributed by atoms with Gasteiger partial charge in [0.05, 0.1) is 16.8 Å². The van der Waals surface area contributed by atoms with Crippen molar-refractivity contribution in [3.05, 3.63) is 64.9 Å². The second-order valence-electron chi connectivity index (χ2n) is 4.56. The highest BCUT2D eigenvalue weighted by Gasteiger charge is 2.10. The lowest BCUT2D eigenvalue weighted by Gasteiger charge is -2.14. The Kier molecular flexibility index (Phi) is 5.65. The predicted molar refractivity (Wildman–Crippen MR) is 85.1 cm³/mol. The highest BCUT2D eigenvalue weighted by atomic mass is 35.5. The van der Waals surface area contributed by atoms with E-state index in [4.69, 9.17) is 11.6 Å². The van der Waals surface area contributed by atoms with Crippen molar-refractivity contribution in [3.8, 4) is 0 Å². The molecule has 21 heavy (non-hydrogen) atoms. The van der Waals surface area contributed by atoms with E-state index in [9.17, 15) is 9.18 Å². The van der Waals surface area contributed by atoms with Gasteiger partial charge in [-0.2, -0.15) is 0 Å². The molecule has 0 heterocycles. The van der Waals surface area contributed by atoms with Crippen LogP contribution >= 0.6 is 23.4 Å². The van der Waals surface area contributed by atoms with Crippen molar-refractivity contribution < 1.29 is 9.18 Å². The summed E-state index contributed by atoms with van der Waals surface area (Å²) in [5, 5.41) is 2.99. The molecule has 1 atom stereocenters. The summed E-state index contributed by atoms with van der Waals surface area (Å²) in [6.07, 6.45) is 0. The third-order valence-electron chi connectivity index (χ3n) is 2.94. The van der Waals surface area contributed by atoms with Crippen molar-refractivity contribution in [1.29, 1.82) is 0 Å². The molecule has 5 heteroatoms. The minimum atomic E-state index is -0.455. The highest BCUT2D eigenvalue weighted by molar-refractivity contribution is 8.00. The van der Waals surface area contributed by atoms with Gasteiger partial charge < -0.3 is 5.32 Å². The zero-order valence-corrected chi connectivity index (χ0v) is 13.0. The third kappa shape index (κ3) is 4.76. The molecule has 2 aromatic rings. The van der Waals surface area contributed by atoms with Gasteiger partial charge in [-0.1, -0.05) is 41.9 Å². The Bertz CT molecular complexity index is 621. The van der Waals surface area contributed by atoms with Gasteiger partial charge in [0.15, 0.2) is 0 Å². The van der Waals surface area contributed by atoms with Crippen molar-refractivity contribution in [2.45, 2.75) is 17.9 Å². The number of nitrogens with one attached hydrogen (secondary N) is 1. The van der Waals surface area contributed by atoms with Crippen LogP contribution in [0.4, 0.5) is 4.39 Å². The van der Waals surface area contributed by atoms with Crippen LogP contribution in [0.2, 0.25) is 5.02 Å². The van der Waals surface area contributed by atoms with Crippen LogP contribution in [-0.2, 0) is 4.79 Å². The normalized spacial score (nSPS) is 12.0. The van der Waals surface area contributed by atoms with E-state index in [1.807, 2.05) is 37.3 Å². The van der Waals surface area contributed by atoms with Gasteiger partial charge in [0.1, 0.15) is 5.82 Å². The Hall–Kier alpha value is -1.52. The van der Waals surface area contributed by atoms with Crippen molar-refractivity contribution in [2.24, 2.45) is 0 Å². The first-order valence-electron chi connectivity index (χ1n) is 6.48. The van der Waals surface area contributed by atoms with Crippen LogP contribution < -0.4 is 5.32 Å². The Morgan fingerprint density at radius 3 is 2.67 bits per heavy atom. The lowest BCUT2D eigenvalue weighted by Crippen LogP contribution is -2.28. The van der Waals surface area contributed by atoms with Gasteiger partial charge in [-0.05, 0) is 30.7 Å².